The molecule has 0 amide bonds. The Balaban J connectivity index is 1.21. The molecule has 5 aromatic rings. The zero-order chi connectivity index (χ0) is 48.5. The molecule has 16 nitrogen and oxygen atoms in total. The van der Waals surface area contributed by atoms with E-state index in [4.69, 9.17) is 61.2 Å². The van der Waals surface area contributed by atoms with Gasteiger partial charge in [-0.1, -0.05) is 87.6 Å². The fourth-order valence-corrected chi connectivity index (χ4v) is 11.5. The van der Waals surface area contributed by atoms with Gasteiger partial charge in [0.2, 0.25) is 5.69 Å². The fraction of sp³-hybridized carbons (Fsp3) is 0.447. The molecule has 7 atom stereocenters. The van der Waals surface area contributed by atoms with E-state index in [0.29, 0.717) is 29.0 Å². The van der Waals surface area contributed by atoms with E-state index < -0.39 is 79.0 Å². The van der Waals surface area contributed by atoms with Gasteiger partial charge in [-0.2, -0.15) is 0 Å². The summed E-state index contributed by atoms with van der Waals surface area (Å²) >= 11 is 10.9. The Morgan fingerprint density at radius 3 is 1.63 bits per heavy atom. The van der Waals surface area contributed by atoms with Crippen LogP contribution in [-0.4, -0.2) is 79.3 Å². The van der Waals surface area contributed by atoms with Gasteiger partial charge in [0, 0.05) is 36.4 Å². The van der Waals surface area contributed by atoms with Crippen molar-refractivity contribution in [3.8, 4) is 11.5 Å². The Hall–Kier alpha value is -4.40. The lowest BCUT2D eigenvalue weighted by molar-refractivity contribution is -0.0920. The highest BCUT2D eigenvalue weighted by Gasteiger charge is 2.48. The maximum absolute atomic E-state index is 13.3. The molecule has 3 aromatic carbocycles. The number of hydrogen-bond donors (Lipinski definition) is 3. The molecule has 2 aliphatic heterocycles. The Morgan fingerprint density at radius 1 is 0.716 bits per heavy atom. The van der Waals surface area contributed by atoms with Crippen molar-refractivity contribution in [2.75, 3.05) is 27.4 Å². The molecule has 0 spiro atoms. The van der Waals surface area contributed by atoms with Crippen LogP contribution in [0.3, 0.4) is 0 Å². The van der Waals surface area contributed by atoms with Gasteiger partial charge in [-0.15, -0.1) is 0 Å². The van der Waals surface area contributed by atoms with Gasteiger partial charge in [0.25, 0.3) is 11.1 Å². The van der Waals surface area contributed by atoms with Crippen molar-refractivity contribution < 1.29 is 37.2 Å². The fourth-order valence-electron chi connectivity index (χ4n) is 8.08. The van der Waals surface area contributed by atoms with Crippen LogP contribution >= 0.6 is 17.9 Å². The van der Waals surface area contributed by atoms with Gasteiger partial charge >= 0.3 is 11.4 Å². The van der Waals surface area contributed by atoms with Gasteiger partial charge in [-0.25, -0.2) is 9.59 Å². The molecule has 2 fully saturated rings. The Labute approximate surface area is 400 Å². The number of methoxy groups -OCH3 is 2. The first-order valence-electron chi connectivity index (χ1n) is 21.9. The summed E-state index contributed by atoms with van der Waals surface area (Å²) in [5.74, 6) is 1.32. The number of nitrogens with one attached hydrogen (secondary N) is 2. The van der Waals surface area contributed by atoms with Crippen LogP contribution in [-0.2, 0) is 45.1 Å². The van der Waals surface area contributed by atoms with Crippen LogP contribution in [0, 0.1) is 13.8 Å². The number of thiol groups is 1. The van der Waals surface area contributed by atoms with Gasteiger partial charge in [-0.3, -0.25) is 28.7 Å². The third kappa shape index (κ3) is 11.1. The van der Waals surface area contributed by atoms with Crippen LogP contribution in [0.5, 0.6) is 11.5 Å². The lowest BCUT2D eigenvalue weighted by Gasteiger charge is -2.39. The van der Waals surface area contributed by atoms with Gasteiger partial charge in [0.15, 0.2) is 8.32 Å². The number of aryl methyl sites for hydroxylation is 2. The Kier molecular flexibility index (Phi) is 15.3. The van der Waals surface area contributed by atoms with E-state index >= 15 is 0 Å². The quantitative estimate of drug-likeness (QED) is 0.0367. The highest BCUT2D eigenvalue weighted by atomic mass is 32.9. The van der Waals surface area contributed by atoms with E-state index in [-0.39, 0.29) is 24.7 Å². The minimum atomic E-state index is -3.48. The molecule has 0 aliphatic carbocycles. The van der Waals surface area contributed by atoms with Crippen LogP contribution < -0.4 is 32.0 Å². The van der Waals surface area contributed by atoms with E-state index in [2.05, 4.69) is 43.8 Å². The molecule has 0 saturated carbocycles. The van der Waals surface area contributed by atoms with Gasteiger partial charge < -0.3 is 37.2 Å². The summed E-state index contributed by atoms with van der Waals surface area (Å²) in [5, 5.41) is -0.148. The predicted octanol–water partition coefficient (Wildman–Crippen LogP) is 7.25. The summed E-state index contributed by atoms with van der Waals surface area (Å²) in [6.07, 6.45) is -1.24. The first-order valence-corrected chi connectivity index (χ1v) is 28.6. The smallest absolute Gasteiger partial charge is 0.330 e. The minimum Gasteiger partial charge on any atom is -0.497 e. The van der Waals surface area contributed by atoms with Crippen molar-refractivity contribution in [1.82, 2.24) is 19.1 Å². The molecule has 2 N–H and O–H groups in total. The molecule has 2 aliphatic rings. The third-order valence-corrected chi connectivity index (χ3v) is 19.6. The van der Waals surface area contributed by atoms with Crippen molar-refractivity contribution in [1.29, 1.82) is 0 Å². The van der Waals surface area contributed by atoms with Crippen LogP contribution in [0.15, 0.2) is 110 Å². The van der Waals surface area contributed by atoms with E-state index in [1.165, 1.54) is 21.5 Å². The first kappa shape index (κ1) is 50.5. The second-order valence-corrected chi connectivity index (χ2v) is 28.3. The van der Waals surface area contributed by atoms with E-state index in [9.17, 15) is 19.2 Å². The van der Waals surface area contributed by atoms with Crippen molar-refractivity contribution >= 4 is 38.1 Å². The second-order valence-electron chi connectivity index (χ2n) is 18.3. The molecule has 0 bridgehead atoms. The van der Waals surface area contributed by atoms with Crippen LogP contribution in [0.2, 0.25) is 18.1 Å². The highest BCUT2D eigenvalue weighted by Crippen LogP contribution is 2.57. The molecule has 20 heteroatoms. The highest BCUT2D eigenvalue weighted by molar-refractivity contribution is 8.60. The maximum Gasteiger partial charge on any atom is 0.330 e. The summed E-state index contributed by atoms with van der Waals surface area (Å²) in [6, 6.07) is 25.0. The minimum absolute atomic E-state index is 0.0858. The van der Waals surface area contributed by atoms with Crippen molar-refractivity contribution in [3.05, 3.63) is 161 Å². The molecule has 2 aromatic heterocycles. The summed E-state index contributed by atoms with van der Waals surface area (Å²) in [7, 11) is 0.817. The van der Waals surface area contributed by atoms with Gasteiger partial charge in [0.05, 0.1) is 39.6 Å². The largest absolute Gasteiger partial charge is 0.497 e. The standard InChI is InChI=1S/C47H59N4O12PS2Si/c1-29-25-50(44(54)48-42(29)52)40-23-36(62-64(65,66)59-28-39-37(63-67(8,9)46(3,4)5)24-41(61-39)51-26-30(2)43(53)49-45(51)55)38(60-40)27-58-47(31-13-11-10-12-14-31,32-15-19-34(56-6)20-16-32)33-17-21-35(57-7)22-18-33/h10-22,25-26,36-41H,23-24,27-28H2,1-9H3,(H,65,66)(H,48,52,54)(H,49,53,55)/t36-,37-,38+,39+,40+,41+/m0/s1. The van der Waals surface area contributed by atoms with Crippen molar-refractivity contribution in [2.24, 2.45) is 0 Å². The number of H-pyrrole nitrogens is 2. The predicted molar refractivity (Wildman–Crippen MR) is 264 cm³/mol. The lowest BCUT2D eigenvalue weighted by atomic mass is 9.80. The van der Waals surface area contributed by atoms with Crippen LogP contribution in [0.4, 0.5) is 0 Å². The topological polar surface area (TPSA) is 184 Å². The molecule has 360 valence electrons. The van der Waals surface area contributed by atoms with Crippen LogP contribution in [0.25, 0.3) is 0 Å². The number of ether oxygens (including phenoxy) is 5. The number of nitrogens with zero attached hydrogens (tertiary/aromatic N) is 2. The average Bonchev–Trinajstić information content (AvgIpc) is 3.88. The SMILES string of the molecule is COc1ccc(C(OC[C@H]2O[C@@H](n3cc(C)c(=O)[nH]c3=O)C[C@@H]2OP(=S)(S)OC[C@H]2O[C@@H](n3cc(C)c(=O)[nH]c3=O)C[C@@H]2O[Si](C)(C)C(C)(C)C)(c2ccccc2)c2ccc(OC)cc2)cc1. The molecule has 2 saturated heterocycles. The summed E-state index contributed by atoms with van der Waals surface area (Å²) in [6.45, 7) is 13.7. The number of benzene rings is 3. The van der Waals surface area contributed by atoms with Gasteiger partial charge in [-0.05, 0) is 84.7 Å². The Bertz CT molecular complexity index is 2770. The molecular weight excluding hydrogens is 936 g/mol. The Morgan fingerprint density at radius 2 is 1.16 bits per heavy atom. The third-order valence-electron chi connectivity index (χ3n) is 12.8. The normalized spacial score (nSPS) is 22.1. The second kappa shape index (κ2) is 20.3. The van der Waals surface area contributed by atoms with Gasteiger partial charge in [0.1, 0.15) is 41.8 Å². The van der Waals surface area contributed by atoms with Crippen molar-refractivity contribution in [2.45, 2.75) is 108 Å². The number of aromatic amines is 2. The summed E-state index contributed by atoms with van der Waals surface area (Å²) in [4.78, 5) is 55.7. The number of rotatable bonds is 17. The molecule has 1 unspecified atom stereocenters. The summed E-state index contributed by atoms with van der Waals surface area (Å²) in [5.41, 5.74) is -3.90. The lowest BCUT2D eigenvalue weighted by Crippen LogP contribution is -2.46. The van der Waals surface area contributed by atoms with Crippen LogP contribution in [0.1, 0.15) is 73.9 Å². The molecule has 0 radical (unpaired) electrons. The molecule has 67 heavy (non-hydrogen) atoms. The zero-order valence-corrected chi connectivity index (χ0v) is 42.7. The number of aromatic nitrogens is 4. The zero-order valence-electron chi connectivity index (χ0n) is 39.0. The first-order chi connectivity index (χ1) is 31.6. The van der Waals surface area contributed by atoms with Crippen molar-refractivity contribution in [3.63, 3.8) is 0 Å². The summed E-state index contributed by atoms with van der Waals surface area (Å²) < 4.78 is 54.1. The number of hydrogen-bond acceptors (Lipinski definition) is 13. The van der Waals surface area contributed by atoms with E-state index in [1.54, 1.807) is 28.1 Å². The maximum atomic E-state index is 13.3. The van der Waals surface area contributed by atoms with E-state index in [1.807, 2.05) is 78.9 Å². The molecular formula is C47H59N4O12PS2Si. The average molecular weight is 995 g/mol. The molecule has 4 heterocycles. The monoisotopic (exact) mass is 994 g/mol. The molecule has 7 rings (SSSR count). The van der Waals surface area contributed by atoms with E-state index in [0.717, 1.165) is 16.7 Å².